The number of sulfonamides is 1. The zero-order chi connectivity index (χ0) is 18.9. The average molecular weight is 416 g/mol. The van der Waals surface area contributed by atoms with Gasteiger partial charge in [0.05, 0.1) is 15.6 Å². The molecule has 0 bridgehead atoms. The molecule has 3 rings (SSSR count). The summed E-state index contributed by atoms with van der Waals surface area (Å²) >= 11 is 6.73. The third-order valence-corrected chi connectivity index (χ3v) is 7.24. The molecule has 0 saturated carbocycles. The van der Waals surface area contributed by atoms with E-state index in [-0.39, 0.29) is 15.5 Å². The van der Waals surface area contributed by atoms with Crippen LogP contribution in [-0.2, 0) is 10.0 Å². The van der Waals surface area contributed by atoms with E-state index >= 15 is 0 Å². The quantitative estimate of drug-likeness (QED) is 0.780. The van der Waals surface area contributed by atoms with Crippen molar-refractivity contribution in [2.75, 3.05) is 42.8 Å². The second-order valence-electron chi connectivity index (χ2n) is 5.99. The van der Waals surface area contributed by atoms with Crippen LogP contribution in [0.2, 0.25) is 4.34 Å². The number of piperazine rings is 1. The molecule has 2 heterocycles. The molecule has 0 atom stereocenters. The molecule has 0 unspecified atom stereocenters. The van der Waals surface area contributed by atoms with Crippen LogP contribution in [0.15, 0.2) is 34.5 Å². The van der Waals surface area contributed by atoms with Crippen molar-refractivity contribution in [3.8, 4) is 0 Å². The van der Waals surface area contributed by atoms with Crippen molar-refractivity contribution in [2.45, 2.75) is 4.21 Å². The van der Waals surface area contributed by atoms with E-state index in [0.29, 0.717) is 10.0 Å². The van der Waals surface area contributed by atoms with E-state index in [4.69, 9.17) is 11.6 Å². The van der Waals surface area contributed by atoms with Crippen LogP contribution in [0.3, 0.4) is 0 Å². The van der Waals surface area contributed by atoms with Crippen LogP contribution in [0.5, 0.6) is 0 Å². The Hall–Kier alpha value is -1.81. The van der Waals surface area contributed by atoms with Crippen molar-refractivity contribution in [2.24, 2.45) is 0 Å². The van der Waals surface area contributed by atoms with Crippen LogP contribution in [0.25, 0.3) is 0 Å². The Morgan fingerprint density at radius 3 is 2.46 bits per heavy atom. The maximum absolute atomic E-state index is 12.4. The second kappa shape index (κ2) is 7.43. The van der Waals surface area contributed by atoms with Gasteiger partial charge in [0, 0.05) is 31.9 Å². The van der Waals surface area contributed by atoms with Crippen molar-refractivity contribution < 1.29 is 18.3 Å². The highest BCUT2D eigenvalue weighted by molar-refractivity contribution is 7.94. The lowest BCUT2D eigenvalue weighted by Gasteiger charge is -2.34. The molecular formula is C16H18ClN3O4S2. The lowest BCUT2D eigenvalue weighted by Crippen LogP contribution is -2.45. The predicted octanol–water partition coefficient (Wildman–Crippen LogP) is 2.65. The number of hydrogen-bond donors (Lipinski definition) is 2. The molecule has 7 nitrogen and oxygen atoms in total. The predicted molar refractivity (Wildman–Crippen MR) is 103 cm³/mol. The highest BCUT2D eigenvalue weighted by atomic mass is 35.5. The van der Waals surface area contributed by atoms with Gasteiger partial charge in [-0.3, -0.25) is 4.72 Å². The van der Waals surface area contributed by atoms with Gasteiger partial charge < -0.3 is 14.9 Å². The summed E-state index contributed by atoms with van der Waals surface area (Å²) in [6, 6.07) is 7.48. The van der Waals surface area contributed by atoms with Crippen molar-refractivity contribution in [1.82, 2.24) is 4.90 Å². The zero-order valence-electron chi connectivity index (χ0n) is 14.0. The molecule has 0 aliphatic carbocycles. The summed E-state index contributed by atoms with van der Waals surface area (Å²) in [4.78, 5) is 15.9. The monoisotopic (exact) mass is 415 g/mol. The fourth-order valence-corrected chi connectivity index (χ4v) is 5.27. The van der Waals surface area contributed by atoms with E-state index in [1.165, 1.54) is 18.2 Å². The Kier molecular flexibility index (Phi) is 5.42. The average Bonchev–Trinajstić information content (AvgIpc) is 3.03. The van der Waals surface area contributed by atoms with Crippen LogP contribution in [0, 0.1) is 0 Å². The van der Waals surface area contributed by atoms with E-state index in [1.54, 1.807) is 12.1 Å². The van der Waals surface area contributed by atoms with Gasteiger partial charge in [-0.1, -0.05) is 11.6 Å². The molecule has 140 valence electrons. The standard InChI is InChI=1S/C16H18ClN3O4S2/c1-19-6-8-20(9-7-19)13-3-2-11(10-12(13)16(21)22)18-26(23,24)15-5-4-14(17)25-15/h2-5,10,18H,6-9H2,1H3,(H,21,22). The number of benzene rings is 1. The van der Waals surface area contributed by atoms with Gasteiger partial charge in [-0.2, -0.15) is 0 Å². The summed E-state index contributed by atoms with van der Waals surface area (Å²) in [6.45, 7) is 3.12. The fourth-order valence-electron chi connectivity index (χ4n) is 2.74. The van der Waals surface area contributed by atoms with E-state index in [0.717, 1.165) is 37.5 Å². The molecule has 2 N–H and O–H groups in total. The van der Waals surface area contributed by atoms with Crippen molar-refractivity contribution in [3.05, 3.63) is 40.2 Å². The van der Waals surface area contributed by atoms with Crippen LogP contribution in [0.1, 0.15) is 10.4 Å². The Balaban J connectivity index is 1.88. The van der Waals surface area contributed by atoms with Gasteiger partial charge in [0.2, 0.25) is 0 Å². The number of anilines is 2. The zero-order valence-corrected chi connectivity index (χ0v) is 16.4. The molecule has 2 aromatic rings. The van der Waals surface area contributed by atoms with Gasteiger partial charge in [0.1, 0.15) is 4.21 Å². The maximum Gasteiger partial charge on any atom is 0.337 e. The minimum atomic E-state index is -3.81. The number of carbonyl (C=O) groups is 1. The molecular weight excluding hydrogens is 398 g/mol. The van der Waals surface area contributed by atoms with E-state index in [1.807, 2.05) is 11.9 Å². The first-order chi connectivity index (χ1) is 12.3. The number of aromatic carboxylic acids is 1. The molecule has 1 saturated heterocycles. The molecule has 0 spiro atoms. The molecule has 26 heavy (non-hydrogen) atoms. The van der Waals surface area contributed by atoms with Gasteiger partial charge in [0.25, 0.3) is 10.0 Å². The lowest BCUT2D eigenvalue weighted by molar-refractivity contribution is 0.0697. The Bertz CT molecular complexity index is 921. The van der Waals surface area contributed by atoms with Gasteiger partial charge in [-0.05, 0) is 37.4 Å². The van der Waals surface area contributed by atoms with E-state index < -0.39 is 16.0 Å². The summed E-state index contributed by atoms with van der Waals surface area (Å²) in [5.41, 5.74) is 0.858. The fraction of sp³-hybridized carbons (Fsp3) is 0.312. The van der Waals surface area contributed by atoms with E-state index in [9.17, 15) is 18.3 Å². The number of rotatable bonds is 5. The van der Waals surface area contributed by atoms with Gasteiger partial charge in [0.15, 0.2) is 0 Å². The number of carboxylic acids is 1. The maximum atomic E-state index is 12.4. The smallest absolute Gasteiger partial charge is 0.337 e. The van der Waals surface area contributed by atoms with Gasteiger partial charge in [-0.15, -0.1) is 11.3 Å². The molecule has 10 heteroatoms. The SMILES string of the molecule is CN1CCN(c2ccc(NS(=O)(=O)c3ccc(Cl)s3)cc2C(=O)O)CC1. The number of halogens is 1. The third-order valence-electron chi connectivity index (χ3n) is 4.14. The van der Waals surface area contributed by atoms with E-state index in [2.05, 4.69) is 9.62 Å². The largest absolute Gasteiger partial charge is 0.478 e. The summed E-state index contributed by atoms with van der Waals surface area (Å²) in [5.74, 6) is -1.10. The van der Waals surface area contributed by atoms with Crippen LogP contribution in [0.4, 0.5) is 11.4 Å². The third kappa shape index (κ3) is 4.12. The molecule has 1 fully saturated rings. The Morgan fingerprint density at radius 2 is 1.88 bits per heavy atom. The number of likely N-dealkylation sites (N-methyl/N-ethyl adjacent to an activating group) is 1. The Morgan fingerprint density at radius 1 is 1.19 bits per heavy atom. The summed E-state index contributed by atoms with van der Waals surface area (Å²) in [6.07, 6.45) is 0. The summed E-state index contributed by atoms with van der Waals surface area (Å²) < 4.78 is 27.6. The topological polar surface area (TPSA) is 90.0 Å². The van der Waals surface area contributed by atoms with Gasteiger partial charge >= 0.3 is 5.97 Å². The lowest BCUT2D eigenvalue weighted by atomic mass is 10.1. The molecule has 1 aliphatic heterocycles. The number of thiophene rings is 1. The number of nitrogens with zero attached hydrogens (tertiary/aromatic N) is 2. The van der Waals surface area contributed by atoms with Crippen molar-refractivity contribution in [3.63, 3.8) is 0 Å². The minimum Gasteiger partial charge on any atom is -0.478 e. The van der Waals surface area contributed by atoms with Crippen LogP contribution >= 0.6 is 22.9 Å². The van der Waals surface area contributed by atoms with Crippen molar-refractivity contribution in [1.29, 1.82) is 0 Å². The summed E-state index contributed by atoms with van der Waals surface area (Å²) in [7, 11) is -1.79. The Labute approximate surface area is 160 Å². The molecule has 1 aromatic carbocycles. The molecule has 0 amide bonds. The number of nitrogens with one attached hydrogen (secondary N) is 1. The van der Waals surface area contributed by atoms with Crippen molar-refractivity contribution >= 4 is 50.3 Å². The number of carboxylic acid groups (broad SMARTS) is 1. The highest BCUT2D eigenvalue weighted by Gasteiger charge is 2.22. The van der Waals surface area contributed by atoms with Gasteiger partial charge in [-0.25, -0.2) is 13.2 Å². The normalized spacial score (nSPS) is 15.8. The molecule has 0 radical (unpaired) electrons. The first kappa shape index (κ1) is 19.0. The molecule has 1 aliphatic rings. The molecule has 1 aromatic heterocycles. The number of hydrogen-bond acceptors (Lipinski definition) is 6. The second-order valence-corrected chi connectivity index (χ2v) is 9.62. The summed E-state index contributed by atoms with van der Waals surface area (Å²) in [5, 5.41) is 9.56. The first-order valence-corrected chi connectivity index (χ1v) is 10.5. The first-order valence-electron chi connectivity index (χ1n) is 7.85. The highest BCUT2D eigenvalue weighted by Crippen LogP contribution is 2.30. The van der Waals surface area contributed by atoms with Crippen LogP contribution in [-0.4, -0.2) is 57.6 Å². The van der Waals surface area contributed by atoms with Crippen LogP contribution < -0.4 is 9.62 Å². The minimum absolute atomic E-state index is 0.0685.